The van der Waals surface area contributed by atoms with Crippen LogP contribution in [0.3, 0.4) is 0 Å². The summed E-state index contributed by atoms with van der Waals surface area (Å²) >= 11 is 0. The standard InChI is InChI=1S/C22H20F4N6O/c1-12(2)32-10-16(20(30-32)22(24,25)26)15-9-27-19(31-11-28-29-21(15)31)6-3-13-14-7-8-33-18(14)5-4-17(13)23/h4-5,9-12H,3,6-8H2,1-2H3. The largest absolute Gasteiger partial charge is 0.493 e. The van der Waals surface area contributed by atoms with Gasteiger partial charge in [-0.25, -0.2) is 9.37 Å². The molecule has 3 aromatic heterocycles. The first-order valence-corrected chi connectivity index (χ1v) is 10.5. The van der Waals surface area contributed by atoms with Crippen LogP contribution < -0.4 is 4.74 Å². The number of aromatic nitrogens is 6. The minimum Gasteiger partial charge on any atom is -0.493 e. The zero-order valence-electron chi connectivity index (χ0n) is 17.9. The monoisotopic (exact) mass is 460 g/mol. The molecule has 11 heteroatoms. The first-order chi connectivity index (χ1) is 15.7. The maximum Gasteiger partial charge on any atom is 0.435 e. The van der Waals surface area contributed by atoms with Crippen LogP contribution in [0.2, 0.25) is 0 Å². The Kier molecular flexibility index (Phi) is 5.06. The van der Waals surface area contributed by atoms with Gasteiger partial charge in [0.1, 0.15) is 23.7 Å². The van der Waals surface area contributed by atoms with Crippen LogP contribution in [0.25, 0.3) is 16.8 Å². The van der Waals surface area contributed by atoms with E-state index in [0.717, 1.165) is 5.56 Å². The molecule has 0 bridgehead atoms. The first kappa shape index (κ1) is 21.4. The zero-order valence-corrected chi connectivity index (χ0v) is 17.9. The van der Waals surface area contributed by atoms with E-state index in [4.69, 9.17) is 4.74 Å². The molecule has 4 aromatic rings. The van der Waals surface area contributed by atoms with Crippen LogP contribution in [-0.2, 0) is 25.4 Å². The lowest BCUT2D eigenvalue weighted by Gasteiger charge is -2.11. The third kappa shape index (κ3) is 3.70. The van der Waals surface area contributed by atoms with Gasteiger partial charge in [-0.1, -0.05) is 0 Å². The van der Waals surface area contributed by atoms with Crippen molar-refractivity contribution in [3.8, 4) is 16.9 Å². The molecular weight excluding hydrogens is 440 g/mol. The summed E-state index contributed by atoms with van der Waals surface area (Å²) in [4.78, 5) is 4.40. The van der Waals surface area contributed by atoms with Crippen molar-refractivity contribution in [3.63, 3.8) is 0 Å². The fraction of sp³-hybridized carbons (Fsp3) is 0.364. The van der Waals surface area contributed by atoms with Gasteiger partial charge in [-0.2, -0.15) is 18.3 Å². The van der Waals surface area contributed by atoms with Crippen molar-refractivity contribution < 1.29 is 22.3 Å². The van der Waals surface area contributed by atoms with Crippen molar-refractivity contribution in [2.24, 2.45) is 0 Å². The lowest BCUT2D eigenvalue weighted by Crippen LogP contribution is -2.10. The molecule has 0 fully saturated rings. The van der Waals surface area contributed by atoms with E-state index >= 15 is 0 Å². The third-order valence-corrected chi connectivity index (χ3v) is 5.77. The van der Waals surface area contributed by atoms with Gasteiger partial charge < -0.3 is 4.74 Å². The Morgan fingerprint density at radius 2 is 1.97 bits per heavy atom. The van der Waals surface area contributed by atoms with Crippen LogP contribution >= 0.6 is 0 Å². The second-order valence-electron chi connectivity index (χ2n) is 8.18. The zero-order chi connectivity index (χ0) is 23.3. The number of hydrogen-bond acceptors (Lipinski definition) is 5. The maximum atomic E-state index is 14.5. The Hall–Kier alpha value is -3.50. The minimum atomic E-state index is -4.64. The summed E-state index contributed by atoms with van der Waals surface area (Å²) in [5, 5.41) is 11.7. The highest BCUT2D eigenvalue weighted by molar-refractivity contribution is 5.78. The van der Waals surface area contributed by atoms with Gasteiger partial charge in [0, 0.05) is 48.0 Å². The van der Waals surface area contributed by atoms with Crippen molar-refractivity contribution >= 4 is 5.65 Å². The number of aryl methyl sites for hydroxylation is 1. The number of rotatable bonds is 5. The van der Waals surface area contributed by atoms with Crippen molar-refractivity contribution in [1.29, 1.82) is 0 Å². The molecule has 4 heterocycles. The molecule has 33 heavy (non-hydrogen) atoms. The Bertz CT molecular complexity index is 1340. The number of hydrogen-bond donors (Lipinski definition) is 0. The van der Waals surface area contributed by atoms with E-state index in [1.807, 2.05) is 0 Å². The minimum absolute atomic E-state index is 0.114. The van der Waals surface area contributed by atoms with Gasteiger partial charge in [-0.15, -0.1) is 10.2 Å². The highest BCUT2D eigenvalue weighted by Gasteiger charge is 2.38. The number of nitrogens with zero attached hydrogens (tertiary/aromatic N) is 6. The van der Waals surface area contributed by atoms with Crippen LogP contribution in [0.15, 0.2) is 30.9 Å². The molecule has 0 amide bonds. The molecule has 0 atom stereocenters. The molecule has 0 N–H and O–H groups in total. The van der Waals surface area contributed by atoms with Crippen LogP contribution in [0.1, 0.15) is 42.5 Å². The number of benzene rings is 1. The fourth-order valence-corrected chi connectivity index (χ4v) is 4.13. The summed E-state index contributed by atoms with van der Waals surface area (Å²) in [5.74, 6) is 0.886. The second kappa shape index (κ2) is 7.82. The summed E-state index contributed by atoms with van der Waals surface area (Å²) in [7, 11) is 0. The normalized spacial score (nSPS) is 13.7. The quantitative estimate of drug-likeness (QED) is 0.412. The molecule has 1 aliphatic heterocycles. The van der Waals surface area contributed by atoms with Gasteiger partial charge in [0.15, 0.2) is 11.3 Å². The van der Waals surface area contributed by atoms with Crippen LogP contribution in [-0.4, -0.2) is 36.0 Å². The summed E-state index contributed by atoms with van der Waals surface area (Å²) in [5.41, 5.74) is 0.707. The Balaban J connectivity index is 1.53. The van der Waals surface area contributed by atoms with Crippen LogP contribution in [0.5, 0.6) is 5.75 Å². The van der Waals surface area contributed by atoms with E-state index in [9.17, 15) is 17.6 Å². The van der Waals surface area contributed by atoms with E-state index < -0.39 is 11.9 Å². The molecule has 0 saturated heterocycles. The summed E-state index contributed by atoms with van der Waals surface area (Å²) in [6.45, 7) is 4.00. The highest BCUT2D eigenvalue weighted by Crippen LogP contribution is 2.38. The SMILES string of the molecule is CC(C)n1cc(-c2cnc(CCc3c(F)ccc4c3CCO4)n3cnnc23)c(C(F)(F)F)n1. The lowest BCUT2D eigenvalue weighted by atomic mass is 10.00. The predicted molar refractivity (Wildman–Crippen MR) is 110 cm³/mol. The van der Waals surface area contributed by atoms with Crippen LogP contribution in [0, 0.1) is 5.82 Å². The van der Waals surface area contributed by atoms with Crippen molar-refractivity contribution in [1.82, 2.24) is 29.4 Å². The van der Waals surface area contributed by atoms with Gasteiger partial charge in [-0.05, 0) is 38.0 Å². The van der Waals surface area contributed by atoms with Gasteiger partial charge >= 0.3 is 6.18 Å². The molecule has 1 aromatic carbocycles. The van der Waals surface area contributed by atoms with E-state index in [1.165, 1.54) is 29.5 Å². The Morgan fingerprint density at radius 3 is 2.73 bits per heavy atom. The van der Waals surface area contributed by atoms with E-state index in [2.05, 4.69) is 20.3 Å². The molecule has 1 aliphatic rings. The summed E-state index contributed by atoms with van der Waals surface area (Å²) in [6.07, 6.45) is 0.800. The van der Waals surface area contributed by atoms with Gasteiger partial charge in [0.25, 0.3) is 0 Å². The number of alkyl halides is 3. The molecule has 0 aliphatic carbocycles. The summed E-state index contributed by atoms with van der Waals surface area (Å²) < 4.78 is 63.9. The molecule has 0 unspecified atom stereocenters. The van der Waals surface area contributed by atoms with Crippen LogP contribution in [0.4, 0.5) is 17.6 Å². The van der Waals surface area contributed by atoms with E-state index in [-0.39, 0.29) is 28.6 Å². The molecular formula is C22H20F4N6O. The molecule has 0 saturated carbocycles. The Morgan fingerprint density at radius 1 is 1.15 bits per heavy atom. The maximum absolute atomic E-state index is 14.5. The number of fused-ring (bicyclic) bond motifs is 2. The Labute approximate surface area is 186 Å². The average Bonchev–Trinajstić information content (AvgIpc) is 3.50. The molecule has 0 radical (unpaired) electrons. The van der Waals surface area contributed by atoms with Gasteiger partial charge in [0.05, 0.1) is 6.61 Å². The topological polar surface area (TPSA) is 70.1 Å². The predicted octanol–water partition coefficient (Wildman–Crippen LogP) is 4.45. The molecule has 172 valence electrons. The molecule has 0 spiro atoms. The molecule has 7 nitrogen and oxygen atoms in total. The van der Waals surface area contributed by atoms with Crippen molar-refractivity contribution in [2.75, 3.05) is 6.61 Å². The summed E-state index contributed by atoms with van der Waals surface area (Å²) in [6, 6.07) is 2.75. The third-order valence-electron chi connectivity index (χ3n) is 5.77. The van der Waals surface area contributed by atoms with Gasteiger partial charge in [0.2, 0.25) is 0 Å². The van der Waals surface area contributed by atoms with Gasteiger partial charge in [-0.3, -0.25) is 9.08 Å². The molecule has 5 rings (SSSR count). The highest BCUT2D eigenvalue weighted by atomic mass is 19.4. The second-order valence-corrected chi connectivity index (χ2v) is 8.18. The fourth-order valence-electron chi connectivity index (χ4n) is 4.13. The smallest absolute Gasteiger partial charge is 0.435 e. The van der Waals surface area contributed by atoms with E-state index in [1.54, 1.807) is 24.3 Å². The first-order valence-electron chi connectivity index (χ1n) is 10.5. The number of halogens is 4. The average molecular weight is 460 g/mol. The lowest BCUT2D eigenvalue weighted by molar-refractivity contribution is -0.141. The van der Waals surface area contributed by atoms with Crippen molar-refractivity contribution in [3.05, 3.63) is 59.3 Å². The van der Waals surface area contributed by atoms with E-state index in [0.29, 0.717) is 43.0 Å². The number of ether oxygens (including phenoxy) is 1. The van der Waals surface area contributed by atoms with Crippen molar-refractivity contribution in [2.45, 2.75) is 45.3 Å².